The van der Waals surface area contributed by atoms with Gasteiger partial charge in [0, 0.05) is 25.4 Å². The van der Waals surface area contributed by atoms with Gasteiger partial charge in [-0.1, -0.05) is 11.6 Å². The maximum atomic E-state index is 12.2. The number of nitrogen functional groups attached to an aromatic ring is 1. The third-order valence-corrected chi connectivity index (χ3v) is 4.59. The first-order valence-corrected chi connectivity index (χ1v) is 7.69. The summed E-state index contributed by atoms with van der Waals surface area (Å²) in [5.41, 5.74) is 7.44. The second kappa shape index (κ2) is 5.43. The Hall–Kier alpha value is -1.57. The van der Waals surface area contributed by atoms with Crippen LogP contribution in [0.1, 0.15) is 11.3 Å². The van der Waals surface area contributed by atoms with E-state index in [0.29, 0.717) is 5.02 Å². The average Bonchev–Trinajstić information content (AvgIpc) is 2.69. The van der Waals surface area contributed by atoms with Crippen LogP contribution in [-0.4, -0.2) is 18.2 Å². The first-order chi connectivity index (χ1) is 9.29. The van der Waals surface area contributed by atoms with E-state index in [1.807, 2.05) is 6.92 Å². The van der Waals surface area contributed by atoms with Gasteiger partial charge in [0.25, 0.3) is 0 Å². The molecule has 0 aliphatic heterocycles. The van der Waals surface area contributed by atoms with Crippen LogP contribution in [0.2, 0.25) is 5.02 Å². The lowest BCUT2D eigenvalue weighted by molar-refractivity contribution is 0.581. The molecule has 0 radical (unpaired) electrons. The Morgan fingerprint density at radius 3 is 2.70 bits per heavy atom. The van der Waals surface area contributed by atoms with Crippen molar-refractivity contribution in [3.05, 3.63) is 40.7 Å². The van der Waals surface area contributed by atoms with Gasteiger partial charge in [-0.25, -0.2) is 13.1 Å². The molecule has 3 N–H and O–H groups in total. The number of sulfonamides is 1. The van der Waals surface area contributed by atoms with Gasteiger partial charge in [-0.2, -0.15) is 5.10 Å². The van der Waals surface area contributed by atoms with Gasteiger partial charge in [0.1, 0.15) is 0 Å². The molecule has 0 unspecified atom stereocenters. The number of nitrogens with zero attached hydrogens (tertiary/aromatic N) is 2. The highest BCUT2D eigenvalue weighted by molar-refractivity contribution is 7.89. The van der Waals surface area contributed by atoms with Crippen LogP contribution in [0.25, 0.3) is 0 Å². The van der Waals surface area contributed by atoms with Crippen LogP contribution >= 0.6 is 11.6 Å². The summed E-state index contributed by atoms with van der Waals surface area (Å²) < 4.78 is 28.5. The van der Waals surface area contributed by atoms with Crippen LogP contribution in [0.15, 0.2) is 29.3 Å². The van der Waals surface area contributed by atoms with Gasteiger partial charge in [0.05, 0.1) is 21.3 Å². The molecule has 0 aliphatic carbocycles. The standard InChI is InChI=1S/C12H15ClN4O2S/c1-8-9(7-17(2)16-8)6-15-20(18,19)10-3-4-11(13)12(14)5-10/h3-5,7,15H,6,14H2,1-2H3. The monoisotopic (exact) mass is 314 g/mol. The molecule has 0 amide bonds. The number of aromatic nitrogens is 2. The number of nitrogens with one attached hydrogen (secondary N) is 1. The predicted octanol–water partition coefficient (Wildman–Crippen LogP) is 1.44. The van der Waals surface area contributed by atoms with Crippen molar-refractivity contribution in [3.63, 3.8) is 0 Å². The van der Waals surface area contributed by atoms with E-state index in [9.17, 15) is 8.42 Å². The minimum atomic E-state index is -3.63. The fourth-order valence-electron chi connectivity index (χ4n) is 1.77. The van der Waals surface area contributed by atoms with Crippen LogP contribution in [0.3, 0.4) is 0 Å². The molecule has 108 valence electrons. The number of anilines is 1. The van der Waals surface area contributed by atoms with Gasteiger partial charge < -0.3 is 5.73 Å². The number of hydrogen-bond acceptors (Lipinski definition) is 4. The average molecular weight is 315 g/mol. The third-order valence-electron chi connectivity index (χ3n) is 2.85. The van der Waals surface area contributed by atoms with Crippen molar-refractivity contribution in [3.8, 4) is 0 Å². The molecule has 0 saturated carbocycles. The number of nitrogens with two attached hydrogens (primary N) is 1. The van der Waals surface area contributed by atoms with E-state index >= 15 is 0 Å². The highest BCUT2D eigenvalue weighted by Gasteiger charge is 2.16. The van der Waals surface area contributed by atoms with E-state index in [2.05, 4.69) is 9.82 Å². The van der Waals surface area contributed by atoms with Gasteiger partial charge >= 0.3 is 0 Å². The van der Waals surface area contributed by atoms with Gasteiger partial charge in [-0.15, -0.1) is 0 Å². The maximum Gasteiger partial charge on any atom is 0.240 e. The minimum Gasteiger partial charge on any atom is -0.397 e. The highest BCUT2D eigenvalue weighted by Crippen LogP contribution is 2.22. The van der Waals surface area contributed by atoms with Crippen LogP contribution in [0.4, 0.5) is 5.69 Å². The lowest BCUT2D eigenvalue weighted by Gasteiger charge is -2.07. The summed E-state index contributed by atoms with van der Waals surface area (Å²) in [7, 11) is -1.85. The molecule has 1 aromatic heterocycles. The molecule has 1 aromatic carbocycles. The molecule has 0 aliphatic rings. The Bertz CT molecular complexity index is 740. The van der Waals surface area contributed by atoms with E-state index < -0.39 is 10.0 Å². The summed E-state index contributed by atoms with van der Waals surface area (Å²) in [6.07, 6.45) is 1.77. The van der Waals surface area contributed by atoms with Gasteiger partial charge in [0.2, 0.25) is 10.0 Å². The second-order valence-corrected chi connectivity index (χ2v) is 6.60. The predicted molar refractivity (Wildman–Crippen MR) is 77.8 cm³/mol. The number of benzene rings is 1. The Morgan fingerprint density at radius 1 is 1.45 bits per heavy atom. The highest BCUT2D eigenvalue weighted by atomic mass is 35.5. The smallest absolute Gasteiger partial charge is 0.240 e. The summed E-state index contributed by atoms with van der Waals surface area (Å²) in [5.74, 6) is 0. The molecular weight excluding hydrogens is 300 g/mol. The van der Waals surface area contributed by atoms with Crippen molar-refractivity contribution in [2.75, 3.05) is 5.73 Å². The number of hydrogen-bond donors (Lipinski definition) is 2. The van der Waals surface area contributed by atoms with E-state index in [1.54, 1.807) is 17.9 Å². The van der Waals surface area contributed by atoms with Crippen LogP contribution in [-0.2, 0) is 23.6 Å². The SMILES string of the molecule is Cc1nn(C)cc1CNS(=O)(=O)c1ccc(Cl)c(N)c1. The molecular formula is C12H15ClN4O2S. The van der Waals surface area contributed by atoms with Gasteiger partial charge in [-0.3, -0.25) is 4.68 Å². The summed E-state index contributed by atoms with van der Waals surface area (Å²) in [5, 5.41) is 4.48. The lowest BCUT2D eigenvalue weighted by Crippen LogP contribution is -2.23. The topological polar surface area (TPSA) is 90.0 Å². The van der Waals surface area contributed by atoms with Crippen molar-refractivity contribution in [1.29, 1.82) is 0 Å². The Morgan fingerprint density at radius 2 is 2.15 bits per heavy atom. The van der Waals surface area contributed by atoms with Crippen LogP contribution < -0.4 is 10.5 Å². The zero-order valence-corrected chi connectivity index (χ0v) is 12.7. The van der Waals surface area contributed by atoms with Crippen LogP contribution in [0.5, 0.6) is 0 Å². The van der Waals surface area contributed by atoms with E-state index in [0.717, 1.165) is 11.3 Å². The van der Waals surface area contributed by atoms with Gasteiger partial charge in [-0.05, 0) is 25.1 Å². The molecule has 0 fully saturated rings. The molecule has 8 heteroatoms. The number of aryl methyl sites for hydroxylation is 2. The van der Waals surface area contributed by atoms with Gasteiger partial charge in [0.15, 0.2) is 0 Å². The van der Waals surface area contributed by atoms with E-state index in [-0.39, 0.29) is 17.1 Å². The summed E-state index contributed by atoms with van der Waals surface area (Å²) >= 11 is 5.78. The normalized spacial score (nSPS) is 11.8. The molecule has 20 heavy (non-hydrogen) atoms. The number of halogens is 1. The zero-order chi connectivity index (χ0) is 14.9. The Balaban J connectivity index is 2.19. The molecule has 2 rings (SSSR count). The Labute approximate surface area is 122 Å². The lowest BCUT2D eigenvalue weighted by atomic mass is 10.3. The fourth-order valence-corrected chi connectivity index (χ4v) is 2.93. The quantitative estimate of drug-likeness (QED) is 0.836. The summed E-state index contributed by atoms with van der Waals surface area (Å²) in [6, 6.07) is 4.21. The number of rotatable bonds is 4. The summed E-state index contributed by atoms with van der Waals surface area (Å²) in [4.78, 5) is 0.0842. The van der Waals surface area contributed by atoms with Crippen molar-refractivity contribution < 1.29 is 8.42 Å². The molecule has 0 saturated heterocycles. The minimum absolute atomic E-state index is 0.0842. The first-order valence-electron chi connectivity index (χ1n) is 5.83. The fraction of sp³-hybridized carbons (Fsp3) is 0.250. The van der Waals surface area contributed by atoms with Crippen molar-refractivity contribution >= 4 is 27.3 Å². The Kier molecular flexibility index (Phi) is 4.03. The van der Waals surface area contributed by atoms with Crippen molar-refractivity contribution in [1.82, 2.24) is 14.5 Å². The van der Waals surface area contributed by atoms with Crippen molar-refractivity contribution in [2.45, 2.75) is 18.4 Å². The molecule has 0 spiro atoms. The second-order valence-electron chi connectivity index (χ2n) is 4.42. The maximum absolute atomic E-state index is 12.2. The molecule has 0 atom stereocenters. The molecule has 6 nitrogen and oxygen atoms in total. The largest absolute Gasteiger partial charge is 0.397 e. The third kappa shape index (κ3) is 3.12. The van der Waals surface area contributed by atoms with Crippen molar-refractivity contribution in [2.24, 2.45) is 7.05 Å². The molecule has 2 aromatic rings. The summed E-state index contributed by atoms with van der Waals surface area (Å²) in [6.45, 7) is 1.99. The molecule has 0 bridgehead atoms. The first kappa shape index (κ1) is 14.8. The van der Waals surface area contributed by atoms with E-state index in [4.69, 9.17) is 17.3 Å². The van der Waals surface area contributed by atoms with Crippen LogP contribution in [0, 0.1) is 6.92 Å². The molecule has 1 heterocycles. The van der Waals surface area contributed by atoms with E-state index in [1.165, 1.54) is 18.2 Å². The zero-order valence-electron chi connectivity index (χ0n) is 11.1.